The van der Waals surface area contributed by atoms with Gasteiger partial charge >= 0.3 is 0 Å². The molecule has 0 saturated carbocycles. The van der Waals surface area contributed by atoms with Crippen molar-refractivity contribution in [3.8, 4) is 0 Å². The Morgan fingerprint density at radius 1 is 0.523 bits per heavy atom. The lowest BCUT2D eigenvalue weighted by atomic mass is 10.0. The zero-order chi connectivity index (χ0) is 31.2. The first-order valence-electron chi connectivity index (χ1n) is 14.2. The highest BCUT2D eigenvalue weighted by atomic mass is 35.5. The highest BCUT2D eigenvalue weighted by molar-refractivity contribution is 7.89. The molecule has 5 rings (SSSR count). The standard InChI is InChI=1S/C32H34Cl2N4O4S2/c33-27-11-15-29(16-12-27)43(39,40)35-23-31(25-7-3-1-4-8-25)37-19-21-38(22-20-37)32(26-9-5-2-6-10-26)24-36-44(41,42)30-17-13-28(34)14-18-30/h1-18,31-32,35-36H,19-24H2/t31-,32+. The van der Waals surface area contributed by atoms with Crippen molar-refractivity contribution in [1.29, 1.82) is 0 Å². The largest absolute Gasteiger partial charge is 0.292 e. The van der Waals surface area contributed by atoms with Gasteiger partial charge in [0.2, 0.25) is 20.0 Å². The average Bonchev–Trinajstić information content (AvgIpc) is 3.03. The summed E-state index contributed by atoms with van der Waals surface area (Å²) in [5.74, 6) is 0. The molecule has 1 saturated heterocycles. The van der Waals surface area contributed by atoms with E-state index in [2.05, 4.69) is 19.2 Å². The van der Waals surface area contributed by atoms with Gasteiger partial charge in [0.15, 0.2) is 0 Å². The minimum atomic E-state index is -3.74. The summed E-state index contributed by atoms with van der Waals surface area (Å²) in [5.41, 5.74) is 2.02. The number of nitrogens with zero attached hydrogens (tertiary/aromatic N) is 2. The van der Waals surface area contributed by atoms with Crippen molar-refractivity contribution in [1.82, 2.24) is 19.2 Å². The van der Waals surface area contributed by atoms with Crippen LogP contribution in [0.5, 0.6) is 0 Å². The third-order valence-electron chi connectivity index (χ3n) is 7.78. The fraction of sp³-hybridized carbons (Fsp3) is 0.250. The number of piperazine rings is 1. The summed E-state index contributed by atoms with van der Waals surface area (Å²) in [6.07, 6.45) is 0. The summed E-state index contributed by atoms with van der Waals surface area (Å²) < 4.78 is 57.9. The summed E-state index contributed by atoms with van der Waals surface area (Å²) in [7, 11) is -7.49. The smallest absolute Gasteiger partial charge is 0.240 e. The molecule has 8 nitrogen and oxygen atoms in total. The van der Waals surface area contributed by atoms with E-state index in [9.17, 15) is 16.8 Å². The highest BCUT2D eigenvalue weighted by Crippen LogP contribution is 2.27. The van der Waals surface area contributed by atoms with E-state index >= 15 is 0 Å². The quantitative estimate of drug-likeness (QED) is 0.211. The second-order valence-electron chi connectivity index (χ2n) is 10.5. The molecule has 2 N–H and O–H groups in total. The molecule has 0 aromatic heterocycles. The van der Waals surface area contributed by atoms with Gasteiger partial charge < -0.3 is 0 Å². The molecule has 1 fully saturated rings. The maximum atomic E-state index is 13.1. The van der Waals surface area contributed by atoms with Crippen LogP contribution in [0.1, 0.15) is 23.2 Å². The van der Waals surface area contributed by atoms with Crippen LogP contribution >= 0.6 is 23.2 Å². The zero-order valence-corrected chi connectivity index (χ0v) is 27.0. The molecule has 12 heteroatoms. The minimum Gasteiger partial charge on any atom is -0.292 e. The number of benzene rings is 4. The van der Waals surface area contributed by atoms with E-state index in [0.717, 1.165) is 11.1 Å². The molecule has 0 bridgehead atoms. The molecule has 4 aromatic carbocycles. The highest BCUT2D eigenvalue weighted by Gasteiger charge is 2.31. The van der Waals surface area contributed by atoms with E-state index in [4.69, 9.17) is 23.2 Å². The molecular formula is C32H34Cl2N4O4S2. The van der Waals surface area contributed by atoms with E-state index < -0.39 is 20.0 Å². The monoisotopic (exact) mass is 672 g/mol. The Morgan fingerprint density at radius 2 is 0.841 bits per heavy atom. The van der Waals surface area contributed by atoms with Gasteiger partial charge in [-0.2, -0.15) is 0 Å². The summed E-state index contributed by atoms with van der Waals surface area (Å²) in [4.78, 5) is 4.86. The molecular weight excluding hydrogens is 639 g/mol. The normalized spacial score (nSPS) is 16.4. The molecule has 232 valence electrons. The van der Waals surface area contributed by atoms with Gasteiger partial charge in [-0.05, 0) is 59.7 Å². The second kappa shape index (κ2) is 14.5. The van der Waals surface area contributed by atoms with Crippen LogP contribution in [0, 0.1) is 0 Å². The van der Waals surface area contributed by atoms with Gasteiger partial charge in [0, 0.05) is 61.4 Å². The van der Waals surface area contributed by atoms with Crippen molar-refractivity contribution < 1.29 is 16.8 Å². The van der Waals surface area contributed by atoms with Crippen LogP contribution in [0.2, 0.25) is 10.0 Å². The SMILES string of the molecule is O=S(=O)(NC[C@H](c1ccccc1)N1CCN([C@@H](CNS(=O)(=O)c2ccc(Cl)cc2)c2ccccc2)CC1)c1ccc(Cl)cc1. The van der Waals surface area contributed by atoms with Crippen molar-refractivity contribution in [2.45, 2.75) is 21.9 Å². The molecule has 1 aliphatic heterocycles. The van der Waals surface area contributed by atoms with Crippen LogP contribution in [0.15, 0.2) is 119 Å². The summed E-state index contributed by atoms with van der Waals surface area (Å²) in [6.45, 7) is 3.03. The summed E-state index contributed by atoms with van der Waals surface area (Å²) in [5, 5.41) is 0.936. The van der Waals surface area contributed by atoms with Gasteiger partial charge in [-0.25, -0.2) is 26.3 Å². The molecule has 0 unspecified atom stereocenters. The second-order valence-corrected chi connectivity index (χ2v) is 14.9. The molecule has 0 amide bonds. The van der Waals surface area contributed by atoms with Gasteiger partial charge in [-0.3, -0.25) is 9.80 Å². The van der Waals surface area contributed by atoms with Gasteiger partial charge in [0.25, 0.3) is 0 Å². The molecule has 1 aliphatic rings. The summed E-state index contributed by atoms with van der Waals surface area (Å²) in [6, 6.07) is 31.5. The molecule has 1 heterocycles. The third kappa shape index (κ3) is 8.26. The molecule has 0 radical (unpaired) electrons. The summed E-state index contributed by atoms with van der Waals surface area (Å²) >= 11 is 11.9. The van der Waals surface area contributed by atoms with Gasteiger partial charge in [-0.1, -0.05) is 83.9 Å². The van der Waals surface area contributed by atoms with Gasteiger partial charge in [0.1, 0.15) is 0 Å². The van der Waals surface area contributed by atoms with Crippen molar-refractivity contribution in [3.63, 3.8) is 0 Å². The predicted octanol–water partition coefficient (Wildman–Crippen LogP) is 5.35. The topological polar surface area (TPSA) is 98.8 Å². The van der Waals surface area contributed by atoms with E-state index in [1.54, 1.807) is 24.3 Å². The Bertz CT molecular complexity index is 1590. The maximum Gasteiger partial charge on any atom is 0.240 e. The van der Waals surface area contributed by atoms with Crippen LogP contribution in [0.4, 0.5) is 0 Å². The molecule has 2 atom stereocenters. The lowest BCUT2D eigenvalue weighted by Crippen LogP contribution is -2.52. The van der Waals surface area contributed by atoms with E-state index in [1.807, 2.05) is 60.7 Å². The predicted molar refractivity (Wildman–Crippen MR) is 175 cm³/mol. The number of hydrogen-bond donors (Lipinski definition) is 2. The Balaban J connectivity index is 1.30. The molecule has 4 aromatic rings. The van der Waals surface area contributed by atoms with Crippen molar-refractivity contribution in [2.75, 3.05) is 39.3 Å². The van der Waals surface area contributed by atoms with Crippen LogP contribution in [-0.2, 0) is 20.0 Å². The van der Waals surface area contributed by atoms with Crippen molar-refractivity contribution in [2.24, 2.45) is 0 Å². The van der Waals surface area contributed by atoms with E-state index in [-0.39, 0.29) is 35.0 Å². The van der Waals surface area contributed by atoms with Crippen LogP contribution in [-0.4, -0.2) is 65.9 Å². The third-order valence-corrected chi connectivity index (χ3v) is 11.2. The Labute approximate surface area is 269 Å². The first kappa shape index (κ1) is 32.6. The number of nitrogens with one attached hydrogen (secondary N) is 2. The number of rotatable bonds is 12. The number of sulfonamides is 2. The molecule has 44 heavy (non-hydrogen) atoms. The van der Waals surface area contributed by atoms with Crippen LogP contribution in [0.3, 0.4) is 0 Å². The number of hydrogen-bond acceptors (Lipinski definition) is 6. The fourth-order valence-corrected chi connectivity index (χ4v) is 7.73. The zero-order valence-electron chi connectivity index (χ0n) is 23.9. The Kier molecular flexibility index (Phi) is 10.8. The Morgan fingerprint density at radius 3 is 1.16 bits per heavy atom. The van der Waals surface area contributed by atoms with Crippen molar-refractivity contribution >= 4 is 43.2 Å². The van der Waals surface area contributed by atoms with E-state index in [0.29, 0.717) is 36.2 Å². The van der Waals surface area contributed by atoms with Gasteiger partial charge in [0.05, 0.1) is 9.79 Å². The molecule has 0 spiro atoms. The fourth-order valence-electron chi connectivity index (χ4n) is 5.40. The average molecular weight is 674 g/mol. The van der Waals surface area contributed by atoms with E-state index in [1.165, 1.54) is 24.3 Å². The first-order valence-corrected chi connectivity index (χ1v) is 17.9. The van der Waals surface area contributed by atoms with Crippen LogP contribution < -0.4 is 9.44 Å². The molecule has 0 aliphatic carbocycles. The lowest BCUT2D eigenvalue weighted by molar-refractivity contribution is 0.0703. The Hall–Kier alpha value is -2.80. The number of halogens is 2. The first-order chi connectivity index (χ1) is 21.1. The lowest BCUT2D eigenvalue weighted by Gasteiger charge is -2.42. The minimum absolute atomic E-state index is 0.158. The van der Waals surface area contributed by atoms with Crippen LogP contribution in [0.25, 0.3) is 0 Å². The van der Waals surface area contributed by atoms with Gasteiger partial charge in [-0.15, -0.1) is 0 Å². The maximum absolute atomic E-state index is 13.1. The van der Waals surface area contributed by atoms with Crippen molar-refractivity contribution in [3.05, 3.63) is 130 Å².